The lowest BCUT2D eigenvalue weighted by molar-refractivity contribution is -0.121. The van der Waals surface area contributed by atoms with Gasteiger partial charge in [-0.1, -0.05) is 12.5 Å². The molecule has 1 heterocycles. The summed E-state index contributed by atoms with van der Waals surface area (Å²) in [7, 11) is -3.38. The zero-order valence-electron chi connectivity index (χ0n) is 17.5. The SMILES string of the molecule is Cc1ccc(N(CCCC(=O)NCCCN2CCCCC2)S(C)(=O)=O)cc1C. The number of sulfonamides is 1. The summed E-state index contributed by atoms with van der Waals surface area (Å²) in [6, 6.07) is 5.64. The van der Waals surface area contributed by atoms with Gasteiger partial charge in [0.05, 0.1) is 11.9 Å². The molecule has 0 bridgehead atoms. The second-order valence-corrected chi connectivity index (χ2v) is 9.72. The standard InChI is InChI=1S/C21H35N3O3S/c1-18-10-11-20(17-19(18)2)24(28(3,26)27)16-7-9-21(25)22-12-8-15-23-13-5-4-6-14-23/h10-11,17H,4-9,12-16H2,1-3H3,(H,22,25). The van der Waals surface area contributed by atoms with Gasteiger partial charge < -0.3 is 10.2 Å². The summed E-state index contributed by atoms with van der Waals surface area (Å²) in [5, 5.41) is 2.96. The molecule has 1 aliphatic rings. The van der Waals surface area contributed by atoms with Crippen molar-refractivity contribution in [3.8, 4) is 0 Å². The maximum Gasteiger partial charge on any atom is 0.232 e. The van der Waals surface area contributed by atoms with Crippen molar-refractivity contribution in [3.05, 3.63) is 29.3 Å². The number of anilines is 1. The summed E-state index contributed by atoms with van der Waals surface area (Å²) in [5.74, 6) is -0.00724. The molecule has 0 aromatic heterocycles. The molecular formula is C21H35N3O3S. The number of likely N-dealkylation sites (tertiary alicyclic amines) is 1. The molecule has 0 atom stereocenters. The second kappa shape index (κ2) is 10.8. The number of benzene rings is 1. The van der Waals surface area contributed by atoms with E-state index in [1.807, 2.05) is 32.0 Å². The van der Waals surface area contributed by atoms with Crippen LogP contribution in [0.15, 0.2) is 18.2 Å². The minimum Gasteiger partial charge on any atom is -0.356 e. The van der Waals surface area contributed by atoms with E-state index in [1.165, 1.54) is 42.9 Å². The van der Waals surface area contributed by atoms with Crippen LogP contribution < -0.4 is 9.62 Å². The molecule has 1 aromatic carbocycles. The van der Waals surface area contributed by atoms with Gasteiger partial charge >= 0.3 is 0 Å². The molecule has 158 valence electrons. The molecular weight excluding hydrogens is 374 g/mol. The summed E-state index contributed by atoms with van der Waals surface area (Å²) < 4.78 is 25.8. The topological polar surface area (TPSA) is 69.7 Å². The minimum absolute atomic E-state index is 0.00724. The first-order chi connectivity index (χ1) is 13.3. The lowest BCUT2D eigenvalue weighted by Gasteiger charge is -2.26. The normalized spacial score (nSPS) is 15.4. The third-order valence-electron chi connectivity index (χ3n) is 5.37. The van der Waals surface area contributed by atoms with Crippen LogP contribution in [0.2, 0.25) is 0 Å². The van der Waals surface area contributed by atoms with E-state index in [4.69, 9.17) is 0 Å². The van der Waals surface area contributed by atoms with Gasteiger partial charge in [-0.2, -0.15) is 0 Å². The fourth-order valence-corrected chi connectivity index (χ4v) is 4.51. The van der Waals surface area contributed by atoms with Crippen molar-refractivity contribution in [2.45, 2.75) is 52.4 Å². The number of nitrogens with zero attached hydrogens (tertiary/aromatic N) is 2. The molecule has 0 aliphatic carbocycles. The Morgan fingerprint density at radius 3 is 2.46 bits per heavy atom. The van der Waals surface area contributed by atoms with Crippen molar-refractivity contribution in [1.29, 1.82) is 0 Å². The molecule has 1 N–H and O–H groups in total. The van der Waals surface area contributed by atoms with E-state index in [0.717, 1.165) is 24.1 Å². The van der Waals surface area contributed by atoms with Gasteiger partial charge in [0.2, 0.25) is 15.9 Å². The van der Waals surface area contributed by atoms with Crippen LogP contribution in [0, 0.1) is 13.8 Å². The van der Waals surface area contributed by atoms with Crippen LogP contribution in [-0.4, -0.2) is 58.2 Å². The molecule has 1 fully saturated rings. The van der Waals surface area contributed by atoms with Gasteiger partial charge in [-0.15, -0.1) is 0 Å². The Kier molecular flexibility index (Phi) is 8.76. The van der Waals surface area contributed by atoms with E-state index in [0.29, 0.717) is 31.6 Å². The van der Waals surface area contributed by atoms with Crippen molar-refractivity contribution in [1.82, 2.24) is 10.2 Å². The Morgan fingerprint density at radius 2 is 1.82 bits per heavy atom. The summed E-state index contributed by atoms with van der Waals surface area (Å²) in [4.78, 5) is 14.5. The number of amides is 1. The van der Waals surface area contributed by atoms with Gasteiger partial charge in [0.25, 0.3) is 0 Å². The fraction of sp³-hybridized carbons (Fsp3) is 0.667. The molecule has 6 nitrogen and oxygen atoms in total. The molecule has 7 heteroatoms. The third-order valence-corrected chi connectivity index (χ3v) is 6.56. The fourth-order valence-electron chi connectivity index (χ4n) is 3.55. The Balaban J connectivity index is 1.73. The second-order valence-electron chi connectivity index (χ2n) is 7.81. The van der Waals surface area contributed by atoms with E-state index in [2.05, 4.69) is 10.2 Å². The Bertz CT molecular complexity index is 743. The number of piperidine rings is 1. The van der Waals surface area contributed by atoms with E-state index >= 15 is 0 Å². The minimum atomic E-state index is -3.38. The maximum atomic E-state index is 12.2. The predicted octanol–water partition coefficient (Wildman–Crippen LogP) is 2.84. The monoisotopic (exact) mass is 409 g/mol. The quantitative estimate of drug-likeness (QED) is 0.603. The van der Waals surface area contributed by atoms with E-state index in [1.54, 1.807) is 0 Å². The Morgan fingerprint density at radius 1 is 1.11 bits per heavy atom. The molecule has 1 aliphatic heterocycles. The number of hydrogen-bond acceptors (Lipinski definition) is 4. The number of aryl methyl sites for hydroxylation is 2. The first-order valence-corrected chi connectivity index (χ1v) is 12.2. The summed E-state index contributed by atoms with van der Waals surface area (Å²) in [6.07, 6.45) is 6.90. The highest BCUT2D eigenvalue weighted by atomic mass is 32.2. The molecule has 0 unspecified atom stereocenters. The highest BCUT2D eigenvalue weighted by molar-refractivity contribution is 7.92. The lowest BCUT2D eigenvalue weighted by Crippen LogP contribution is -2.34. The molecule has 1 amide bonds. The van der Waals surface area contributed by atoms with Crippen molar-refractivity contribution in [3.63, 3.8) is 0 Å². The molecule has 0 saturated carbocycles. The van der Waals surface area contributed by atoms with Crippen LogP contribution >= 0.6 is 0 Å². The number of carbonyl (C=O) groups is 1. The molecule has 0 radical (unpaired) electrons. The van der Waals surface area contributed by atoms with Gasteiger partial charge in [0.1, 0.15) is 0 Å². The van der Waals surface area contributed by atoms with Gasteiger partial charge in [0.15, 0.2) is 0 Å². The lowest BCUT2D eigenvalue weighted by atomic mass is 10.1. The first kappa shape index (κ1) is 22.7. The van der Waals surface area contributed by atoms with Crippen LogP contribution in [0.3, 0.4) is 0 Å². The van der Waals surface area contributed by atoms with Gasteiger partial charge in [-0.3, -0.25) is 9.10 Å². The molecule has 1 saturated heterocycles. The van der Waals surface area contributed by atoms with Gasteiger partial charge in [-0.25, -0.2) is 8.42 Å². The largest absolute Gasteiger partial charge is 0.356 e. The van der Waals surface area contributed by atoms with Gasteiger partial charge in [0, 0.05) is 19.5 Å². The van der Waals surface area contributed by atoms with Crippen molar-refractivity contribution in [2.24, 2.45) is 0 Å². The van der Waals surface area contributed by atoms with Crippen LogP contribution in [-0.2, 0) is 14.8 Å². The zero-order valence-corrected chi connectivity index (χ0v) is 18.4. The average molecular weight is 410 g/mol. The van der Waals surface area contributed by atoms with Crippen LogP contribution in [0.25, 0.3) is 0 Å². The smallest absolute Gasteiger partial charge is 0.232 e. The zero-order chi connectivity index (χ0) is 20.6. The van der Waals surface area contributed by atoms with Crippen molar-refractivity contribution in [2.75, 3.05) is 43.3 Å². The first-order valence-electron chi connectivity index (χ1n) is 10.3. The number of hydrogen-bond donors (Lipinski definition) is 1. The molecule has 2 rings (SSSR count). The summed E-state index contributed by atoms with van der Waals surface area (Å²) in [5.41, 5.74) is 2.84. The Labute approximate surface area is 170 Å². The molecule has 28 heavy (non-hydrogen) atoms. The molecule has 0 spiro atoms. The maximum absolute atomic E-state index is 12.2. The van der Waals surface area contributed by atoms with E-state index < -0.39 is 10.0 Å². The van der Waals surface area contributed by atoms with Crippen molar-refractivity contribution < 1.29 is 13.2 Å². The molecule has 1 aromatic rings. The number of carbonyl (C=O) groups excluding carboxylic acids is 1. The Hall–Kier alpha value is -1.60. The van der Waals surface area contributed by atoms with E-state index in [9.17, 15) is 13.2 Å². The third kappa shape index (κ3) is 7.43. The summed E-state index contributed by atoms with van der Waals surface area (Å²) >= 11 is 0. The van der Waals surface area contributed by atoms with Crippen LogP contribution in [0.1, 0.15) is 49.7 Å². The average Bonchev–Trinajstić information content (AvgIpc) is 2.65. The van der Waals surface area contributed by atoms with Crippen LogP contribution in [0.5, 0.6) is 0 Å². The highest BCUT2D eigenvalue weighted by Crippen LogP contribution is 2.21. The predicted molar refractivity (Wildman–Crippen MR) is 115 cm³/mol. The highest BCUT2D eigenvalue weighted by Gasteiger charge is 2.18. The van der Waals surface area contributed by atoms with Crippen molar-refractivity contribution >= 4 is 21.6 Å². The van der Waals surface area contributed by atoms with Gasteiger partial charge in [-0.05, 0) is 82.4 Å². The van der Waals surface area contributed by atoms with Crippen LogP contribution in [0.4, 0.5) is 5.69 Å². The summed E-state index contributed by atoms with van der Waals surface area (Å²) in [6.45, 7) is 8.34. The number of nitrogens with one attached hydrogen (secondary N) is 1. The number of rotatable bonds is 10. The van der Waals surface area contributed by atoms with E-state index in [-0.39, 0.29) is 5.91 Å².